The van der Waals surface area contributed by atoms with E-state index in [-0.39, 0.29) is 6.04 Å². The van der Waals surface area contributed by atoms with Crippen LogP contribution in [-0.4, -0.2) is 6.04 Å². The number of hydrogen-bond acceptors (Lipinski definition) is 1. The molecule has 1 nitrogen and oxygen atoms in total. The van der Waals surface area contributed by atoms with Gasteiger partial charge in [0.05, 0.1) is 0 Å². The lowest BCUT2D eigenvalue weighted by atomic mass is 9.91. The van der Waals surface area contributed by atoms with E-state index >= 15 is 0 Å². The van der Waals surface area contributed by atoms with Crippen LogP contribution in [0.2, 0.25) is 0 Å². The fourth-order valence-electron chi connectivity index (χ4n) is 1.40. The van der Waals surface area contributed by atoms with E-state index in [2.05, 4.69) is 25.2 Å². The van der Waals surface area contributed by atoms with Crippen molar-refractivity contribution in [1.82, 2.24) is 0 Å². The highest BCUT2D eigenvalue weighted by Gasteiger charge is 2.12. The minimum absolute atomic E-state index is 0.256. The molecule has 0 saturated carbocycles. The standard InChI is InChI=1S/C10H17N/c1-2-3-6-9-7-4-5-8-10(9)11/h4-5,7-10H,2-3,6,11H2,1H3. The minimum Gasteiger partial charge on any atom is -0.324 e. The summed E-state index contributed by atoms with van der Waals surface area (Å²) < 4.78 is 0. The molecule has 0 saturated heterocycles. The average Bonchev–Trinajstić information content (AvgIpc) is 2.03. The van der Waals surface area contributed by atoms with Crippen molar-refractivity contribution in [2.45, 2.75) is 32.2 Å². The zero-order valence-corrected chi connectivity index (χ0v) is 7.16. The third-order valence-electron chi connectivity index (χ3n) is 2.19. The van der Waals surface area contributed by atoms with E-state index in [1.165, 1.54) is 19.3 Å². The lowest BCUT2D eigenvalue weighted by Crippen LogP contribution is -2.27. The molecule has 0 fully saturated rings. The van der Waals surface area contributed by atoms with Gasteiger partial charge < -0.3 is 5.73 Å². The van der Waals surface area contributed by atoms with Crippen molar-refractivity contribution in [3.05, 3.63) is 24.3 Å². The van der Waals surface area contributed by atoms with Crippen molar-refractivity contribution in [3.8, 4) is 0 Å². The van der Waals surface area contributed by atoms with Gasteiger partial charge in [-0.25, -0.2) is 0 Å². The van der Waals surface area contributed by atoms with Crippen LogP contribution < -0.4 is 5.73 Å². The van der Waals surface area contributed by atoms with E-state index in [1.54, 1.807) is 0 Å². The predicted octanol–water partition coefficient (Wildman–Crippen LogP) is 2.25. The van der Waals surface area contributed by atoms with Gasteiger partial charge in [-0.2, -0.15) is 0 Å². The molecule has 0 spiro atoms. The third kappa shape index (κ3) is 2.51. The second-order valence-electron chi connectivity index (χ2n) is 3.15. The first kappa shape index (κ1) is 8.54. The largest absolute Gasteiger partial charge is 0.324 e. The van der Waals surface area contributed by atoms with E-state index in [9.17, 15) is 0 Å². The maximum absolute atomic E-state index is 5.88. The Morgan fingerprint density at radius 1 is 1.27 bits per heavy atom. The molecule has 11 heavy (non-hydrogen) atoms. The molecular weight excluding hydrogens is 134 g/mol. The summed E-state index contributed by atoms with van der Waals surface area (Å²) in [4.78, 5) is 0. The molecule has 0 bridgehead atoms. The molecule has 2 unspecified atom stereocenters. The number of allylic oxidation sites excluding steroid dienone is 2. The fourth-order valence-corrected chi connectivity index (χ4v) is 1.40. The van der Waals surface area contributed by atoms with Gasteiger partial charge in [0, 0.05) is 6.04 Å². The van der Waals surface area contributed by atoms with E-state index in [4.69, 9.17) is 5.73 Å². The topological polar surface area (TPSA) is 26.0 Å². The van der Waals surface area contributed by atoms with Crippen LogP contribution >= 0.6 is 0 Å². The molecule has 1 rings (SSSR count). The molecule has 1 aliphatic carbocycles. The molecule has 0 aromatic rings. The van der Waals surface area contributed by atoms with E-state index in [0.29, 0.717) is 5.92 Å². The third-order valence-corrected chi connectivity index (χ3v) is 2.19. The number of rotatable bonds is 3. The van der Waals surface area contributed by atoms with Crippen molar-refractivity contribution in [1.29, 1.82) is 0 Å². The summed E-state index contributed by atoms with van der Waals surface area (Å²) in [6, 6.07) is 0.256. The first-order valence-corrected chi connectivity index (χ1v) is 4.45. The van der Waals surface area contributed by atoms with Gasteiger partial charge in [0.2, 0.25) is 0 Å². The lowest BCUT2D eigenvalue weighted by molar-refractivity contribution is 0.503. The van der Waals surface area contributed by atoms with Crippen LogP contribution in [0, 0.1) is 5.92 Å². The van der Waals surface area contributed by atoms with Gasteiger partial charge in [-0.1, -0.05) is 44.1 Å². The molecule has 0 aromatic heterocycles. The van der Waals surface area contributed by atoms with Crippen LogP contribution in [0.4, 0.5) is 0 Å². The van der Waals surface area contributed by atoms with Crippen molar-refractivity contribution < 1.29 is 0 Å². The molecule has 1 heteroatoms. The summed E-state index contributed by atoms with van der Waals surface area (Å²) in [5.41, 5.74) is 5.88. The molecule has 0 amide bonds. The Bertz CT molecular complexity index is 158. The summed E-state index contributed by atoms with van der Waals surface area (Å²) in [5, 5.41) is 0. The molecule has 0 aliphatic heterocycles. The summed E-state index contributed by atoms with van der Waals surface area (Å²) in [6.07, 6.45) is 12.2. The summed E-state index contributed by atoms with van der Waals surface area (Å²) in [5.74, 6) is 0.583. The highest BCUT2D eigenvalue weighted by Crippen LogP contribution is 2.17. The summed E-state index contributed by atoms with van der Waals surface area (Å²) >= 11 is 0. The maximum Gasteiger partial charge on any atom is 0.0290 e. The van der Waals surface area contributed by atoms with Crippen LogP contribution in [0.1, 0.15) is 26.2 Å². The minimum atomic E-state index is 0.256. The molecule has 1 aliphatic rings. The van der Waals surface area contributed by atoms with Gasteiger partial charge >= 0.3 is 0 Å². The van der Waals surface area contributed by atoms with E-state index < -0.39 is 0 Å². The van der Waals surface area contributed by atoms with Crippen molar-refractivity contribution in [2.75, 3.05) is 0 Å². The van der Waals surface area contributed by atoms with Crippen molar-refractivity contribution in [3.63, 3.8) is 0 Å². The fraction of sp³-hybridized carbons (Fsp3) is 0.600. The highest BCUT2D eigenvalue weighted by atomic mass is 14.6. The Morgan fingerprint density at radius 3 is 2.64 bits per heavy atom. The van der Waals surface area contributed by atoms with Gasteiger partial charge in [-0.3, -0.25) is 0 Å². The zero-order valence-electron chi connectivity index (χ0n) is 7.16. The first-order valence-electron chi connectivity index (χ1n) is 4.45. The maximum atomic E-state index is 5.88. The smallest absolute Gasteiger partial charge is 0.0290 e. The van der Waals surface area contributed by atoms with Gasteiger partial charge in [0.1, 0.15) is 0 Å². The predicted molar refractivity (Wildman–Crippen MR) is 49.3 cm³/mol. The van der Waals surface area contributed by atoms with E-state index in [0.717, 1.165) is 0 Å². The molecular formula is C10H17N. The lowest BCUT2D eigenvalue weighted by Gasteiger charge is -2.19. The monoisotopic (exact) mass is 151 g/mol. The van der Waals surface area contributed by atoms with Crippen LogP contribution in [0.3, 0.4) is 0 Å². The Balaban J connectivity index is 2.33. The molecule has 0 heterocycles. The average molecular weight is 151 g/mol. The molecule has 2 N–H and O–H groups in total. The number of nitrogens with two attached hydrogens (primary N) is 1. The number of unbranched alkanes of at least 4 members (excludes halogenated alkanes) is 1. The normalized spacial score (nSPS) is 29.3. The Hall–Kier alpha value is -0.560. The van der Waals surface area contributed by atoms with Gasteiger partial charge in [0.15, 0.2) is 0 Å². The molecule has 2 atom stereocenters. The van der Waals surface area contributed by atoms with Crippen LogP contribution in [-0.2, 0) is 0 Å². The Labute approximate surface area is 69.0 Å². The summed E-state index contributed by atoms with van der Waals surface area (Å²) in [7, 11) is 0. The SMILES string of the molecule is CCCCC1C=CC=CC1N. The molecule has 62 valence electrons. The quantitative estimate of drug-likeness (QED) is 0.657. The zero-order chi connectivity index (χ0) is 8.10. The highest BCUT2D eigenvalue weighted by molar-refractivity contribution is 5.16. The van der Waals surface area contributed by atoms with Crippen LogP contribution in [0.5, 0.6) is 0 Å². The van der Waals surface area contributed by atoms with Crippen molar-refractivity contribution >= 4 is 0 Å². The van der Waals surface area contributed by atoms with Crippen LogP contribution in [0.15, 0.2) is 24.3 Å². The number of hydrogen-bond donors (Lipinski definition) is 1. The Morgan fingerprint density at radius 2 is 2.00 bits per heavy atom. The van der Waals surface area contributed by atoms with Gasteiger partial charge in [0.25, 0.3) is 0 Å². The second kappa shape index (κ2) is 4.35. The van der Waals surface area contributed by atoms with E-state index in [1.807, 2.05) is 6.08 Å². The Kier molecular flexibility index (Phi) is 3.37. The van der Waals surface area contributed by atoms with Crippen molar-refractivity contribution in [2.24, 2.45) is 11.7 Å². The summed E-state index contributed by atoms with van der Waals surface area (Å²) in [6.45, 7) is 2.22. The molecule has 0 aromatic carbocycles. The first-order chi connectivity index (χ1) is 5.34. The van der Waals surface area contributed by atoms with Gasteiger partial charge in [-0.05, 0) is 12.3 Å². The van der Waals surface area contributed by atoms with Gasteiger partial charge in [-0.15, -0.1) is 0 Å². The second-order valence-corrected chi connectivity index (χ2v) is 3.15. The molecule has 0 radical (unpaired) electrons. The van der Waals surface area contributed by atoms with Crippen LogP contribution in [0.25, 0.3) is 0 Å².